The minimum Gasteiger partial charge on any atom is -0.225 e. The largest absolute Gasteiger partial charge is 0.225 e. The summed E-state index contributed by atoms with van der Waals surface area (Å²) in [7, 11) is -1.53. The molecule has 0 aromatic heterocycles. The van der Waals surface area contributed by atoms with Crippen molar-refractivity contribution in [1.82, 2.24) is 3.71 Å². The minimum atomic E-state index is -0.767. The highest BCUT2D eigenvalue weighted by atomic mass is 32.3. The van der Waals surface area contributed by atoms with E-state index >= 15 is 0 Å². The Morgan fingerprint density at radius 3 is 1.74 bits per heavy atom. The van der Waals surface area contributed by atoms with Crippen LogP contribution in [0, 0.1) is 0 Å². The van der Waals surface area contributed by atoms with Crippen LogP contribution < -0.4 is 0 Å². The molecule has 0 aromatic rings. The molecule has 0 heterocycles. The van der Waals surface area contributed by atoms with Crippen molar-refractivity contribution in [2.75, 3.05) is 37.5 Å². The predicted molar refractivity (Wildman–Crippen MR) is 99.7 cm³/mol. The molecule has 1 nitrogen and oxygen atoms in total. The van der Waals surface area contributed by atoms with Gasteiger partial charge in [-0.2, -0.15) is 20.4 Å². The van der Waals surface area contributed by atoms with Crippen molar-refractivity contribution in [1.29, 1.82) is 0 Å². The maximum absolute atomic E-state index is 4.24. The lowest BCUT2D eigenvalue weighted by Crippen LogP contribution is -2.38. The van der Waals surface area contributed by atoms with E-state index in [-0.39, 0.29) is 0 Å². The molecule has 0 rings (SSSR count). The summed E-state index contributed by atoms with van der Waals surface area (Å²) in [5.41, 5.74) is 2.39. The first-order valence-corrected chi connectivity index (χ1v) is 12.2. The zero-order valence-electron chi connectivity index (χ0n) is 14.0. The Kier molecular flexibility index (Phi) is 7.01. The van der Waals surface area contributed by atoms with Crippen LogP contribution in [0.25, 0.3) is 0 Å². The number of hydrogen-bond acceptors (Lipinski definition) is 1. The predicted octanol–water partition coefficient (Wildman–Crippen LogP) is 4.97. The molecule has 0 aliphatic rings. The van der Waals surface area contributed by atoms with Crippen LogP contribution in [-0.4, -0.2) is 47.3 Å². The van der Waals surface area contributed by atoms with Gasteiger partial charge in [-0.3, -0.25) is 0 Å². The third-order valence-corrected chi connectivity index (χ3v) is 8.28. The van der Waals surface area contributed by atoms with Gasteiger partial charge in [0.15, 0.2) is 0 Å². The van der Waals surface area contributed by atoms with E-state index in [9.17, 15) is 0 Å². The van der Waals surface area contributed by atoms with Crippen LogP contribution in [0.1, 0.15) is 19.8 Å². The Labute approximate surface area is 124 Å². The van der Waals surface area contributed by atoms with Gasteiger partial charge in [0.05, 0.1) is 0 Å². The van der Waals surface area contributed by atoms with Crippen LogP contribution in [0.4, 0.5) is 0 Å². The van der Waals surface area contributed by atoms with Gasteiger partial charge in [-0.05, 0) is 57.3 Å². The second kappa shape index (κ2) is 7.05. The monoisotopic (exact) mass is 303 g/mol. The van der Waals surface area contributed by atoms with E-state index < -0.39 is 20.4 Å². The number of nitrogens with zero attached hydrogens (tertiary/aromatic N) is 1. The van der Waals surface area contributed by atoms with Gasteiger partial charge in [0.1, 0.15) is 0 Å². The number of allylic oxidation sites excluding steroid dienone is 2. The highest BCUT2D eigenvalue weighted by molar-refractivity contribution is 8.43. The quantitative estimate of drug-likeness (QED) is 0.452. The molecule has 1 atom stereocenters. The van der Waals surface area contributed by atoms with Crippen molar-refractivity contribution in [3.63, 3.8) is 0 Å². The summed E-state index contributed by atoms with van der Waals surface area (Å²) >= 11 is 0. The maximum Gasteiger partial charge on any atom is 0.0488 e. The summed E-state index contributed by atoms with van der Waals surface area (Å²) in [6.45, 7) is 14.2. The van der Waals surface area contributed by atoms with E-state index in [4.69, 9.17) is 0 Å². The van der Waals surface area contributed by atoms with Crippen molar-refractivity contribution in [2.45, 2.75) is 25.8 Å². The molecule has 0 aromatic carbocycles. The van der Waals surface area contributed by atoms with Crippen LogP contribution in [-0.2, 0) is 0 Å². The third kappa shape index (κ3) is 6.24. The molecule has 0 aliphatic carbocycles. The van der Waals surface area contributed by atoms with Crippen LogP contribution in [0.5, 0.6) is 0 Å². The van der Waals surface area contributed by atoms with Gasteiger partial charge in [-0.1, -0.05) is 37.0 Å². The fraction of sp³-hybridized carbons (Fsp3) is 0.625. The normalized spacial score (nSPS) is 16.0. The molecular formula is C16H33NS2. The number of hydrogen-bond donors (Lipinski definition) is 0. The molecule has 114 valence electrons. The van der Waals surface area contributed by atoms with Gasteiger partial charge < -0.3 is 0 Å². The molecule has 0 bridgehead atoms. The first-order chi connectivity index (χ1) is 8.41. The summed E-state index contributed by atoms with van der Waals surface area (Å²) < 4.78 is 2.73. The molecule has 0 saturated heterocycles. The molecular weight excluding hydrogens is 270 g/mol. The summed E-state index contributed by atoms with van der Waals surface area (Å²) in [5, 5.41) is 0. The van der Waals surface area contributed by atoms with Gasteiger partial charge in [-0.25, -0.2) is 3.71 Å². The highest BCUT2D eigenvalue weighted by Crippen LogP contribution is 2.59. The molecule has 0 radical (unpaired) electrons. The first kappa shape index (κ1) is 18.9. The lowest BCUT2D eigenvalue weighted by Gasteiger charge is -2.55. The van der Waals surface area contributed by atoms with Crippen molar-refractivity contribution in [3.8, 4) is 0 Å². The van der Waals surface area contributed by atoms with Gasteiger partial charge in [0, 0.05) is 6.04 Å². The lowest BCUT2D eigenvalue weighted by atomic mass is 10.0. The van der Waals surface area contributed by atoms with Crippen LogP contribution in [0.2, 0.25) is 0 Å². The standard InChI is InChI=1S/C16H33NS2/c1-11-15(4)12-13-16(14(2)3)17(18(5,6)7)19(8,9)10/h11,16H,1-2,4,12-13H2,3,5-10H3. The van der Waals surface area contributed by atoms with E-state index in [0.717, 1.165) is 18.4 Å². The lowest BCUT2D eigenvalue weighted by molar-refractivity contribution is 0.524. The second-order valence-electron chi connectivity index (χ2n) is 6.59. The van der Waals surface area contributed by atoms with E-state index in [1.807, 2.05) is 6.08 Å². The Morgan fingerprint density at radius 1 is 1.05 bits per heavy atom. The van der Waals surface area contributed by atoms with Crippen LogP contribution in [0.15, 0.2) is 37.0 Å². The smallest absolute Gasteiger partial charge is 0.0488 e. The summed E-state index contributed by atoms with van der Waals surface area (Å²) in [6, 6.07) is 0.446. The third-order valence-electron chi connectivity index (χ3n) is 2.93. The Balaban J connectivity index is 5.26. The summed E-state index contributed by atoms with van der Waals surface area (Å²) in [5.74, 6) is 0. The Hall–Kier alpha value is -0.120. The van der Waals surface area contributed by atoms with Gasteiger partial charge in [0.2, 0.25) is 0 Å². The Morgan fingerprint density at radius 2 is 1.47 bits per heavy atom. The molecule has 0 N–H and O–H groups in total. The van der Waals surface area contributed by atoms with E-state index in [0.29, 0.717) is 6.04 Å². The maximum atomic E-state index is 4.24. The molecule has 0 spiro atoms. The van der Waals surface area contributed by atoms with Crippen molar-refractivity contribution in [2.24, 2.45) is 0 Å². The zero-order valence-corrected chi connectivity index (χ0v) is 15.6. The van der Waals surface area contributed by atoms with Crippen LogP contribution in [0.3, 0.4) is 0 Å². The van der Waals surface area contributed by atoms with E-state index in [1.165, 1.54) is 5.57 Å². The molecule has 0 aliphatic heterocycles. The van der Waals surface area contributed by atoms with Gasteiger partial charge >= 0.3 is 0 Å². The molecule has 19 heavy (non-hydrogen) atoms. The van der Waals surface area contributed by atoms with Crippen molar-refractivity contribution < 1.29 is 0 Å². The average molecular weight is 304 g/mol. The van der Waals surface area contributed by atoms with Gasteiger partial charge in [0.25, 0.3) is 0 Å². The zero-order chi connectivity index (χ0) is 15.4. The fourth-order valence-electron chi connectivity index (χ4n) is 2.39. The molecule has 0 saturated carbocycles. The summed E-state index contributed by atoms with van der Waals surface area (Å²) in [4.78, 5) is 0. The molecule has 0 fully saturated rings. The first-order valence-electron chi connectivity index (χ1n) is 6.53. The second-order valence-corrected chi connectivity index (χ2v) is 14.7. The molecule has 3 heteroatoms. The Bertz CT molecular complexity index is 331. The highest BCUT2D eigenvalue weighted by Gasteiger charge is 2.32. The SMILES string of the molecule is C=CC(=C)CCC(C(=C)C)N(S(C)(C)C)S(C)(C)C. The molecule has 1 unspecified atom stereocenters. The van der Waals surface area contributed by atoms with Crippen molar-refractivity contribution in [3.05, 3.63) is 37.0 Å². The summed E-state index contributed by atoms with van der Waals surface area (Å²) in [6.07, 6.45) is 18.2. The fourth-order valence-corrected chi connectivity index (χ4v) is 9.85. The number of rotatable bonds is 8. The van der Waals surface area contributed by atoms with E-state index in [1.54, 1.807) is 0 Å². The van der Waals surface area contributed by atoms with Crippen LogP contribution >= 0.6 is 20.4 Å². The average Bonchev–Trinajstić information content (AvgIpc) is 2.18. The minimum absolute atomic E-state index is 0.446. The van der Waals surface area contributed by atoms with E-state index in [2.05, 4.69) is 67.9 Å². The topological polar surface area (TPSA) is 3.24 Å². The van der Waals surface area contributed by atoms with Gasteiger partial charge in [-0.15, -0.1) is 0 Å². The van der Waals surface area contributed by atoms with Crippen molar-refractivity contribution >= 4 is 20.4 Å². The molecule has 0 amide bonds.